The van der Waals surface area contributed by atoms with E-state index in [4.69, 9.17) is 0 Å². The Labute approximate surface area is 96.3 Å². The number of hydrogen-bond acceptors (Lipinski definition) is 3. The molecule has 0 saturated carbocycles. The number of hydrogen-bond donors (Lipinski definition) is 1. The summed E-state index contributed by atoms with van der Waals surface area (Å²) < 4.78 is 0. The van der Waals surface area contributed by atoms with Crippen LogP contribution in [0.25, 0.3) is 0 Å². The quantitative estimate of drug-likeness (QED) is 0.743. The minimum Gasteiger partial charge on any atom is -0.315 e. The van der Waals surface area contributed by atoms with E-state index in [1.807, 2.05) is 0 Å². The van der Waals surface area contributed by atoms with Crippen molar-refractivity contribution < 1.29 is 0 Å². The fourth-order valence-electron chi connectivity index (χ4n) is 2.04. The molecule has 1 N–H and O–H groups in total. The van der Waals surface area contributed by atoms with E-state index in [9.17, 15) is 0 Å². The molecule has 0 radical (unpaired) electrons. The Morgan fingerprint density at radius 1 is 1.27 bits per heavy atom. The first-order valence-corrected chi connectivity index (χ1v) is 6.83. The molecule has 0 atom stereocenters. The number of nitrogens with zero attached hydrogens (tertiary/aromatic N) is 1. The summed E-state index contributed by atoms with van der Waals surface area (Å²) in [4.78, 5) is 2.55. The highest BCUT2D eigenvalue weighted by atomic mass is 32.1. The van der Waals surface area contributed by atoms with Crippen molar-refractivity contribution in [2.24, 2.45) is 0 Å². The van der Waals surface area contributed by atoms with Gasteiger partial charge in [-0.3, -0.25) is 0 Å². The highest BCUT2D eigenvalue weighted by Gasteiger charge is 2.09. The molecule has 0 aromatic carbocycles. The van der Waals surface area contributed by atoms with Gasteiger partial charge in [-0.15, -0.1) is 0 Å². The third-order valence-electron chi connectivity index (χ3n) is 2.97. The van der Waals surface area contributed by atoms with Crippen molar-refractivity contribution in [3.05, 3.63) is 22.4 Å². The Morgan fingerprint density at radius 2 is 2.13 bits per heavy atom. The zero-order valence-corrected chi connectivity index (χ0v) is 10.1. The lowest BCUT2D eigenvalue weighted by molar-refractivity contribution is 0.336. The lowest BCUT2D eigenvalue weighted by Crippen LogP contribution is -2.30. The molecular formula is C12H20N2S. The van der Waals surface area contributed by atoms with Gasteiger partial charge in [-0.25, -0.2) is 0 Å². The van der Waals surface area contributed by atoms with E-state index in [1.165, 1.54) is 44.5 Å². The summed E-state index contributed by atoms with van der Waals surface area (Å²) in [6.45, 7) is 6.11. The molecule has 0 aliphatic carbocycles. The maximum atomic E-state index is 3.51. The van der Waals surface area contributed by atoms with Gasteiger partial charge < -0.3 is 10.2 Å². The predicted octanol–water partition coefficient (Wildman–Crippen LogP) is 1.98. The molecule has 0 bridgehead atoms. The fraction of sp³-hybridized carbons (Fsp3) is 0.667. The first-order chi connectivity index (χ1) is 7.45. The zero-order chi connectivity index (χ0) is 10.3. The highest BCUT2D eigenvalue weighted by molar-refractivity contribution is 7.07. The van der Waals surface area contributed by atoms with Gasteiger partial charge >= 0.3 is 0 Å². The van der Waals surface area contributed by atoms with Gasteiger partial charge in [0.15, 0.2) is 0 Å². The summed E-state index contributed by atoms with van der Waals surface area (Å²) >= 11 is 1.79. The van der Waals surface area contributed by atoms with Crippen molar-refractivity contribution in [3.8, 4) is 0 Å². The monoisotopic (exact) mass is 224 g/mol. The van der Waals surface area contributed by atoms with E-state index in [2.05, 4.69) is 27.0 Å². The van der Waals surface area contributed by atoms with Gasteiger partial charge in [-0.2, -0.15) is 11.3 Å². The highest BCUT2D eigenvalue weighted by Crippen LogP contribution is 2.06. The van der Waals surface area contributed by atoms with Gasteiger partial charge in [0, 0.05) is 13.1 Å². The summed E-state index contributed by atoms with van der Waals surface area (Å²) in [5.74, 6) is 0. The Balaban J connectivity index is 1.48. The molecule has 2 nitrogen and oxygen atoms in total. The number of rotatable bonds is 6. The van der Waals surface area contributed by atoms with Crippen LogP contribution < -0.4 is 5.32 Å². The van der Waals surface area contributed by atoms with Crippen LogP contribution in [-0.4, -0.2) is 37.6 Å². The molecule has 84 valence electrons. The minimum absolute atomic E-state index is 1.12. The molecule has 3 heteroatoms. The third-order valence-corrected chi connectivity index (χ3v) is 3.71. The molecule has 1 aromatic heterocycles. The summed E-state index contributed by atoms with van der Waals surface area (Å²) in [5.41, 5.74) is 1.47. The first-order valence-electron chi connectivity index (χ1n) is 5.89. The third kappa shape index (κ3) is 3.93. The molecule has 2 rings (SSSR count). The molecule has 1 aliphatic heterocycles. The van der Waals surface area contributed by atoms with Gasteiger partial charge in [-0.1, -0.05) is 0 Å². The fourth-order valence-corrected chi connectivity index (χ4v) is 2.74. The van der Waals surface area contributed by atoms with Crippen LogP contribution >= 0.6 is 11.3 Å². The van der Waals surface area contributed by atoms with Crippen LogP contribution in [0.5, 0.6) is 0 Å². The lowest BCUT2D eigenvalue weighted by atomic mass is 10.2. The van der Waals surface area contributed by atoms with E-state index in [0.29, 0.717) is 0 Å². The van der Waals surface area contributed by atoms with Crippen molar-refractivity contribution in [3.63, 3.8) is 0 Å². The van der Waals surface area contributed by atoms with Gasteiger partial charge in [-0.05, 0) is 61.3 Å². The average Bonchev–Trinajstić information content (AvgIpc) is 2.88. The molecule has 0 unspecified atom stereocenters. The van der Waals surface area contributed by atoms with E-state index >= 15 is 0 Å². The lowest BCUT2D eigenvalue weighted by Gasteiger charge is -2.14. The standard InChI is InChI=1S/C12H20N2S/c1-2-8-14(7-1)9-6-13-5-3-12-4-10-15-11-12/h4,10-11,13H,1-3,5-9H2. The molecule has 2 heterocycles. The largest absolute Gasteiger partial charge is 0.315 e. The molecule has 15 heavy (non-hydrogen) atoms. The average molecular weight is 224 g/mol. The second-order valence-corrected chi connectivity index (χ2v) is 4.96. The molecule has 1 fully saturated rings. The summed E-state index contributed by atoms with van der Waals surface area (Å²) in [5, 5.41) is 7.90. The summed E-state index contributed by atoms with van der Waals surface area (Å²) in [6.07, 6.45) is 3.97. The number of thiophene rings is 1. The SMILES string of the molecule is c1cc(CCNCCN2CCCC2)cs1. The smallest absolute Gasteiger partial charge is 0.0107 e. The minimum atomic E-state index is 1.12. The van der Waals surface area contributed by atoms with E-state index in [0.717, 1.165) is 13.1 Å². The van der Waals surface area contributed by atoms with Crippen molar-refractivity contribution in [2.45, 2.75) is 19.3 Å². The van der Waals surface area contributed by atoms with E-state index in [-0.39, 0.29) is 0 Å². The summed E-state index contributed by atoms with van der Waals surface area (Å²) in [6, 6.07) is 2.22. The van der Waals surface area contributed by atoms with Gasteiger partial charge in [0.25, 0.3) is 0 Å². The van der Waals surface area contributed by atoms with Gasteiger partial charge in [0.05, 0.1) is 0 Å². The van der Waals surface area contributed by atoms with Crippen LogP contribution in [0.15, 0.2) is 16.8 Å². The zero-order valence-electron chi connectivity index (χ0n) is 9.24. The van der Waals surface area contributed by atoms with Crippen LogP contribution in [-0.2, 0) is 6.42 Å². The van der Waals surface area contributed by atoms with Gasteiger partial charge in [0.2, 0.25) is 0 Å². The normalized spacial score (nSPS) is 17.3. The van der Waals surface area contributed by atoms with Crippen LogP contribution in [0.2, 0.25) is 0 Å². The number of likely N-dealkylation sites (tertiary alicyclic amines) is 1. The molecule has 1 aromatic rings. The molecule has 1 aliphatic rings. The summed E-state index contributed by atoms with van der Waals surface area (Å²) in [7, 11) is 0. The van der Waals surface area contributed by atoms with Crippen LogP contribution in [0.3, 0.4) is 0 Å². The Kier molecular flexibility index (Phi) is 4.64. The second kappa shape index (κ2) is 6.26. The molecule has 0 spiro atoms. The second-order valence-electron chi connectivity index (χ2n) is 4.18. The van der Waals surface area contributed by atoms with Crippen molar-refractivity contribution in [2.75, 3.05) is 32.7 Å². The van der Waals surface area contributed by atoms with Crippen LogP contribution in [0, 0.1) is 0 Å². The molecule has 1 saturated heterocycles. The Morgan fingerprint density at radius 3 is 2.87 bits per heavy atom. The molecule has 0 amide bonds. The first kappa shape index (κ1) is 11.1. The van der Waals surface area contributed by atoms with Crippen molar-refractivity contribution >= 4 is 11.3 Å². The van der Waals surface area contributed by atoms with E-state index in [1.54, 1.807) is 11.3 Å². The maximum Gasteiger partial charge on any atom is 0.0107 e. The van der Waals surface area contributed by atoms with Crippen LogP contribution in [0.1, 0.15) is 18.4 Å². The van der Waals surface area contributed by atoms with Crippen molar-refractivity contribution in [1.29, 1.82) is 0 Å². The topological polar surface area (TPSA) is 15.3 Å². The van der Waals surface area contributed by atoms with Crippen molar-refractivity contribution in [1.82, 2.24) is 10.2 Å². The Hall–Kier alpha value is -0.380. The Bertz CT molecular complexity index is 253. The van der Waals surface area contributed by atoms with E-state index < -0.39 is 0 Å². The van der Waals surface area contributed by atoms with Crippen LogP contribution in [0.4, 0.5) is 0 Å². The predicted molar refractivity (Wildman–Crippen MR) is 66.6 cm³/mol. The molecular weight excluding hydrogens is 204 g/mol. The maximum absolute atomic E-state index is 3.51. The van der Waals surface area contributed by atoms with Gasteiger partial charge in [0.1, 0.15) is 0 Å². The number of nitrogens with one attached hydrogen (secondary N) is 1.